The molecule has 2 aliphatic rings. The van der Waals surface area contributed by atoms with Crippen molar-refractivity contribution >= 4 is 17.4 Å². The summed E-state index contributed by atoms with van der Waals surface area (Å²) in [4.78, 5) is 14.8. The zero-order chi connectivity index (χ0) is 19.1. The molecule has 26 heavy (non-hydrogen) atoms. The van der Waals surface area contributed by atoms with Crippen molar-refractivity contribution in [1.82, 2.24) is 4.90 Å². The Kier molecular flexibility index (Phi) is 5.02. The fourth-order valence-corrected chi connectivity index (χ4v) is 3.65. The molecule has 1 N–H and O–H groups in total. The smallest absolute Gasteiger partial charge is 0.412 e. The average molecular weight is 358 g/mol. The number of hydrogen-bond acceptors (Lipinski definition) is 4. The van der Waals surface area contributed by atoms with Crippen molar-refractivity contribution in [1.29, 1.82) is 0 Å². The number of anilines is 1. The van der Waals surface area contributed by atoms with E-state index in [4.69, 9.17) is 9.47 Å². The van der Waals surface area contributed by atoms with Crippen molar-refractivity contribution in [2.24, 2.45) is 0 Å². The van der Waals surface area contributed by atoms with Gasteiger partial charge in [0.05, 0.1) is 5.69 Å². The van der Waals surface area contributed by atoms with Gasteiger partial charge in [-0.1, -0.05) is 12.1 Å². The van der Waals surface area contributed by atoms with Crippen LogP contribution in [0, 0.1) is 6.92 Å². The minimum atomic E-state index is -0.543. The number of rotatable bonds is 2. The molecule has 1 aromatic rings. The zero-order valence-electron chi connectivity index (χ0n) is 16.7. The van der Waals surface area contributed by atoms with Gasteiger partial charge in [0, 0.05) is 30.6 Å². The highest BCUT2D eigenvalue weighted by molar-refractivity contribution is 5.94. The number of hydrogen-bond donors (Lipinski definition) is 1. The predicted octanol–water partition coefficient (Wildman–Crippen LogP) is 4.38. The van der Waals surface area contributed by atoms with Gasteiger partial charge in [-0.15, -0.1) is 0 Å². The lowest BCUT2D eigenvalue weighted by molar-refractivity contribution is 0.0635. The first kappa shape index (κ1) is 18.8. The molecule has 142 valence electrons. The van der Waals surface area contributed by atoms with Gasteiger partial charge in [0.25, 0.3) is 0 Å². The summed E-state index contributed by atoms with van der Waals surface area (Å²) in [5.74, 6) is 0.795. The molecule has 0 aromatic heterocycles. The Bertz CT molecular complexity index is 747. The standard InChI is InChI=1S/C21H30N2O3/c1-13-11-16-12-14(2)25-19(16)18(22-20(24)26-21(3,4)5)17(13)15-7-9-23(6)10-8-15/h7,11,14H,8-10,12H2,1-6H3,(H,22,24)/t14-/m1/s1. The Morgan fingerprint density at radius 3 is 2.73 bits per heavy atom. The van der Waals surface area contributed by atoms with Crippen LogP contribution in [-0.4, -0.2) is 42.8 Å². The molecule has 3 rings (SSSR count). The van der Waals surface area contributed by atoms with Crippen molar-refractivity contribution in [2.75, 3.05) is 25.5 Å². The highest BCUT2D eigenvalue weighted by Crippen LogP contribution is 2.44. The molecule has 0 aliphatic carbocycles. The third-order valence-electron chi connectivity index (χ3n) is 4.74. The van der Waals surface area contributed by atoms with Crippen molar-refractivity contribution in [2.45, 2.75) is 59.2 Å². The number of ether oxygens (including phenoxy) is 2. The van der Waals surface area contributed by atoms with E-state index in [2.05, 4.69) is 43.3 Å². The molecule has 1 atom stereocenters. The van der Waals surface area contributed by atoms with Gasteiger partial charge in [-0.05, 0) is 59.2 Å². The Labute approximate surface area is 156 Å². The number of nitrogens with zero attached hydrogens (tertiary/aromatic N) is 1. The molecule has 0 saturated heterocycles. The van der Waals surface area contributed by atoms with Crippen LogP contribution in [0.2, 0.25) is 0 Å². The van der Waals surface area contributed by atoms with Crippen LogP contribution in [0.15, 0.2) is 12.1 Å². The molecule has 0 bridgehead atoms. The second-order valence-corrected chi connectivity index (χ2v) is 8.43. The zero-order valence-corrected chi connectivity index (χ0v) is 16.7. The normalized spacial score (nSPS) is 20.2. The van der Waals surface area contributed by atoms with Gasteiger partial charge in [0.1, 0.15) is 17.5 Å². The Morgan fingerprint density at radius 1 is 1.38 bits per heavy atom. The molecule has 0 unspecified atom stereocenters. The summed E-state index contributed by atoms with van der Waals surface area (Å²) in [7, 11) is 2.12. The summed E-state index contributed by atoms with van der Waals surface area (Å²) >= 11 is 0. The molecule has 2 aliphatic heterocycles. The number of carbonyl (C=O) groups is 1. The van der Waals surface area contributed by atoms with Crippen LogP contribution in [0.3, 0.4) is 0 Å². The van der Waals surface area contributed by atoms with E-state index >= 15 is 0 Å². The van der Waals surface area contributed by atoms with Crippen LogP contribution in [0.4, 0.5) is 10.5 Å². The van der Waals surface area contributed by atoms with Crippen LogP contribution in [0.25, 0.3) is 5.57 Å². The number of nitrogens with one attached hydrogen (secondary N) is 1. The minimum Gasteiger partial charge on any atom is -0.488 e. The lowest BCUT2D eigenvalue weighted by Gasteiger charge is -2.26. The summed E-state index contributed by atoms with van der Waals surface area (Å²) in [6.07, 6.45) is 3.74. The number of benzene rings is 1. The van der Waals surface area contributed by atoms with E-state index in [1.54, 1.807) is 0 Å². The van der Waals surface area contributed by atoms with Crippen LogP contribution in [0.5, 0.6) is 5.75 Å². The van der Waals surface area contributed by atoms with Crippen molar-refractivity contribution in [3.63, 3.8) is 0 Å². The van der Waals surface area contributed by atoms with Gasteiger partial charge >= 0.3 is 6.09 Å². The molecule has 0 fully saturated rings. The number of likely N-dealkylation sites (N-methyl/N-ethyl adjacent to an activating group) is 1. The minimum absolute atomic E-state index is 0.116. The number of amides is 1. The first-order valence-corrected chi connectivity index (χ1v) is 9.35. The quantitative estimate of drug-likeness (QED) is 0.852. The van der Waals surface area contributed by atoms with Crippen molar-refractivity contribution in [3.05, 3.63) is 28.8 Å². The summed E-state index contributed by atoms with van der Waals surface area (Å²) in [5, 5.41) is 3.00. The maximum atomic E-state index is 12.5. The maximum Gasteiger partial charge on any atom is 0.412 e. The van der Waals surface area contributed by atoms with Gasteiger partial charge in [-0.3, -0.25) is 5.32 Å². The second kappa shape index (κ2) is 6.95. The lowest BCUT2D eigenvalue weighted by atomic mass is 9.91. The summed E-state index contributed by atoms with van der Waals surface area (Å²) < 4.78 is 11.6. The van der Waals surface area contributed by atoms with Gasteiger partial charge in [0.15, 0.2) is 0 Å². The lowest BCUT2D eigenvalue weighted by Crippen LogP contribution is -2.28. The third-order valence-corrected chi connectivity index (χ3v) is 4.74. The Hall–Kier alpha value is -2.01. The monoisotopic (exact) mass is 358 g/mol. The van der Waals surface area contributed by atoms with Crippen molar-refractivity contribution < 1.29 is 14.3 Å². The molecule has 0 spiro atoms. The maximum absolute atomic E-state index is 12.5. The van der Waals surface area contributed by atoms with Gasteiger partial charge < -0.3 is 14.4 Å². The fourth-order valence-electron chi connectivity index (χ4n) is 3.65. The molecular formula is C21H30N2O3. The van der Waals surface area contributed by atoms with Gasteiger partial charge in [-0.25, -0.2) is 4.79 Å². The van der Waals surface area contributed by atoms with E-state index in [9.17, 15) is 4.79 Å². The molecule has 0 saturated carbocycles. The molecular weight excluding hydrogens is 328 g/mol. The van der Waals surface area contributed by atoms with E-state index in [0.29, 0.717) is 0 Å². The average Bonchev–Trinajstić information content (AvgIpc) is 2.87. The number of aryl methyl sites for hydroxylation is 1. The highest BCUT2D eigenvalue weighted by Gasteiger charge is 2.29. The molecule has 5 heteroatoms. The van der Waals surface area contributed by atoms with Gasteiger partial charge in [0.2, 0.25) is 0 Å². The summed E-state index contributed by atoms with van der Waals surface area (Å²) in [6.45, 7) is 11.7. The highest BCUT2D eigenvalue weighted by atomic mass is 16.6. The predicted molar refractivity (Wildman–Crippen MR) is 105 cm³/mol. The second-order valence-electron chi connectivity index (χ2n) is 8.43. The van der Waals surface area contributed by atoms with Crippen LogP contribution < -0.4 is 10.1 Å². The van der Waals surface area contributed by atoms with E-state index < -0.39 is 11.7 Å². The van der Waals surface area contributed by atoms with Gasteiger partial charge in [-0.2, -0.15) is 0 Å². The Balaban J connectivity index is 2.03. The topological polar surface area (TPSA) is 50.8 Å². The largest absolute Gasteiger partial charge is 0.488 e. The van der Waals surface area contributed by atoms with Crippen molar-refractivity contribution in [3.8, 4) is 5.75 Å². The Morgan fingerprint density at radius 2 is 2.12 bits per heavy atom. The first-order chi connectivity index (χ1) is 12.1. The number of carbonyl (C=O) groups excluding carboxylic acids is 1. The van der Waals surface area contributed by atoms with Crippen LogP contribution in [0.1, 0.15) is 50.8 Å². The first-order valence-electron chi connectivity index (χ1n) is 9.35. The molecule has 2 heterocycles. The van der Waals surface area contributed by atoms with E-state index in [0.717, 1.165) is 48.5 Å². The summed E-state index contributed by atoms with van der Waals surface area (Å²) in [5.41, 5.74) is 4.88. The number of fused-ring (bicyclic) bond motifs is 1. The molecule has 0 radical (unpaired) electrons. The SMILES string of the molecule is Cc1cc2c(c(NC(=O)OC(C)(C)C)c1C1=CCN(C)CC1)O[C@H](C)C2. The van der Waals surface area contributed by atoms with E-state index in [1.807, 2.05) is 20.8 Å². The third kappa shape index (κ3) is 4.04. The molecule has 5 nitrogen and oxygen atoms in total. The fraction of sp³-hybridized carbons (Fsp3) is 0.571. The molecule has 1 aromatic carbocycles. The van der Waals surface area contributed by atoms with Crippen LogP contribution >= 0.6 is 0 Å². The van der Waals surface area contributed by atoms with E-state index in [1.165, 1.54) is 11.1 Å². The molecule has 1 amide bonds. The summed E-state index contributed by atoms with van der Waals surface area (Å²) in [6, 6.07) is 2.20. The van der Waals surface area contributed by atoms with Crippen LogP contribution in [-0.2, 0) is 11.2 Å². The van der Waals surface area contributed by atoms with E-state index in [-0.39, 0.29) is 6.10 Å².